The molecular formula is C23H19I2P. The highest BCUT2D eigenvalue weighted by Crippen LogP contribution is 2.79. The Morgan fingerprint density at radius 1 is 0.577 bits per heavy atom. The van der Waals surface area contributed by atoms with Gasteiger partial charge >= 0.3 is 0 Å². The number of hydrogen-bond acceptors (Lipinski definition) is 0. The van der Waals surface area contributed by atoms with Gasteiger partial charge in [0.1, 0.15) is 27.4 Å². The number of alkyl halides is 1. The molecule has 4 rings (SSSR count). The normalized spacial score (nSPS) is 15.0. The molecule has 0 amide bonds. The first-order chi connectivity index (χ1) is 12.4. The van der Waals surface area contributed by atoms with Crippen LogP contribution in [-0.4, -0.2) is 4.17 Å². The molecule has 26 heavy (non-hydrogen) atoms. The van der Waals surface area contributed by atoms with Crippen molar-refractivity contribution in [3.63, 3.8) is 0 Å². The highest BCUT2D eigenvalue weighted by atomic mass is 127. The minimum Gasteiger partial charge on any atom is -1.00 e. The van der Waals surface area contributed by atoms with Crippen molar-refractivity contribution < 1.29 is 24.0 Å². The zero-order chi connectivity index (χ0) is 17.1. The van der Waals surface area contributed by atoms with Crippen LogP contribution in [0.15, 0.2) is 103 Å². The summed E-state index contributed by atoms with van der Waals surface area (Å²) < 4.78 is 1.11. The Balaban J connectivity index is 0.00000196. The van der Waals surface area contributed by atoms with Gasteiger partial charge in [-0.2, -0.15) is 0 Å². The lowest BCUT2D eigenvalue weighted by molar-refractivity contribution is -0.00000462. The summed E-state index contributed by atoms with van der Waals surface area (Å²) >= 11 is 2.60. The molecule has 1 aliphatic heterocycles. The van der Waals surface area contributed by atoms with Crippen LogP contribution in [0.1, 0.15) is 11.1 Å². The third kappa shape index (κ3) is 3.44. The molecule has 0 saturated carbocycles. The molecule has 1 heterocycles. The van der Waals surface area contributed by atoms with Crippen LogP contribution in [0.5, 0.6) is 0 Å². The van der Waals surface area contributed by atoms with Gasteiger partial charge in [-0.25, -0.2) is 0 Å². The van der Waals surface area contributed by atoms with Gasteiger partial charge < -0.3 is 24.0 Å². The molecule has 0 bridgehead atoms. The molecule has 0 aromatic heterocycles. The fourth-order valence-corrected chi connectivity index (χ4v) is 10.7. The van der Waals surface area contributed by atoms with Crippen LogP contribution in [0.4, 0.5) is 0 Å². The summed E-state index contributed by atoms with van der Waals surface area (Å²) in [6.45, 7) is 0. The fraction of sp³-hybridized carbons (Fsp3) is 0.0435. The molecule has 1 aliphatic rings. The zero-order valence-electron chi connectivity index (χ0n) is 14.2. The van der Waals surface area contributed by atoms with Gasteiger partial charge in [-0.1, -0.05) is 78.9 Å². The Morgan fingerprint density at radius 3 is 1.35 bits per heavy atom. The standard InChI is InChI=1S/C23H19IP.HI/c24-18-25(21-14-8-3-9-15-21)22(19-10-4-1-5-11-19)16-17-23(25)20-12-6-2-7-13-20;/h1-17H,18H2;1H/q+1;/p-1. The zero-order valence-corrected chi connectivity index (χ0v) is 19.4. The van der Waals surface area contributed by atoms with Gasteiger partial charge in [-0.3, -0.25) is 0 Å². The van der Waals surface area contributed by atoms with Crippen LogP contribution in [-0.2, 0) is 0 Å². The highest BCUT2D eigenvalue weighted by molar-refractivity contribution is 14.1. The molecule has 0 atom stereocenters. The van der Waals surface area contributed by atoms with E-state index in [1.807, 2.05) is 0 Å². The van der Waals surface area contributed by atoms with Crippen molar-refractivity contribution in [2.75, 3.05) is 4.17 Å². The minimum absolute atomic E-state index is 0. The van der Waals surface area contributed by atoms with Crippen LogP contribution in [0, 0.1) is 0 Å². The molecule has 0 spiro atoms. The molecule has 0 radical (unpaired) electrons. The molecule has 3 heteroatoms. The van der Waals surface area contributed by atoms with E-state index in [1.54, 1.807) is 0 Å². The van der Waals surface area contributed by atoms with Gasteiger partial charge in [0, 0.05) is 11.1 Å². The van der Waals surface area contributed by atoms with E-state index in [9.17, 15) is 0 Å². The second-order valence-electron chi connectivity index (χ2n) is 6.10. The minimum atomic E-state index is -1.64. The molecule has 0 N–H and O–H groups in total. The molecule has 0 fully saturated rings. The van der Waals surface area contributed by atoms with Crippen LogP contribution in [0.2, 0.25) is 0 Å². The van der Waals surface area contributed by atoms with Gasteiger partial charge in [0.15, 0.2) is 0 Å². The van der Waals surface area contributed by atoms with Gasteiger partial charge in [0.25, 0.3) is 0 Å². The summed E-state index contributed by atoms with van der Waals surface area (Å²) in [5.74, 6) is 0. The molecule has 0 saturated heterocycles. The monoisotopic (exact) mass is 580 g/mol. The average molecular weight is 580 g/mol. The van der Waals surface area contributed by atoms with E-state index in [-0.39, 0.29) is 24.0 Å². The number of hydrogen-bond donors (Lipinski definition) is 0. The van der Waals surface area contributed by atoms with E-state index in [1.165, 1.54) is 27.1 Å². The Morgan fingerprint density at radius 2 is 0.962 bits per heavy atom. The van der Waals surface area contributed by atoms with Gasteiger partial charge in [0.2, 0.25) is 0 Å². The maximum atomic E-state index is 2.60. The van der Waals surface area contributed by atoms with Crippen LogP contribution >= 0.6 is 29.9 Å². The summed E-state index contributed by atoms with van der Waals surface area (Å²) in [6, 6.07) is 32.8. The van der Waals surface area contributed by atoms with Crippen molar-refractivity contribution in [3.8, 4) is 0 Å². The molecule has 3 aromatic carbocycles. The summed E-state index contributed by atoms with van der Waals surface area (Å²) in [4.78, 5) is 0. The van der Waals surface area contributed by atoms with Crippen LogP contribution in [0.25, 0.3) is 10.6 Å². The number of allylic oxidation sites excluding steroid dienone is 2. The van der Waals surface area contributed by atoms with E-state index in [4.69, 9.17) is 0 Å². The Bertz CT molecular complexity index is 861. The second-order valence-corrected chi connectivity index (χ2v) is 11.5. The summed E-state index contributed by atoms with van der Waals surface area (Å²) in [5.41, 5.74) is 2.69. The molecule has 3 aromatic rings. The topological polar surface area (TPSA) is 0 Å². The highest BCUT2D eigenvalue weighted by Gasteiger charge is 2.51. The van der Waals surface area contributed by atoms with Crippen molar-refractivity contribution in [2.45, 2.75) is 0 Å². The number of rotatable bonds is 4. The molecule has 0 aliphatic carbocycles. The Kier molecular flexibility index (Phi) is 6.70. The largest absolute Gasteiger partial charge is 1.00 e. The first-order valence-corrected chi connectivity index (χ1v) is 11.9. The predicted octanol–water partition coefficient (Wildman–Crippen LogP) is 3.82. The predicted molar refractivity (Wildman–Crippen MR) is 121 cm³/mol. The van der Waals surface area contributed by atoms with Crippen molar-refractivity contribution >= 4 is 45.8 Å². The smallest absolute Gasteiger partial charge is 0.124 e. The molecule has 130 valence electrons. The second kappa shape index (κ2) is 8.81. The Labute approximate surface area is 186 Å². The first-order valence-electron chi connectivity index (χ1n) is 8.40. The van der Waals surface area contributed by atoms with E-state index in [0.717, 1.165) is 4.17 Å². The molecule has 0 unspecified atom stereocenters. The van der Waals surface area contributed by atoms with Crippen molar-refractivity contribution in [3.05, 3.63) is 114 Å². The van der Waals surface area contributed by atoms with Gasteiger partial charge in [-0.05, 0) is 46.9 Å². The average Bonchev–Trinajstić information content (AvgIpc) is 3.10. The summed E-state index contributed by atoms with van der Waals surface area (Å²) in [7, 11) is -1.64. The fourth-order valence-electron chi connectivity index (χ4n) is 3.55. The lowest BCUT2D eigenvalue weighted by Crippen LogP contribution is -3.00. The summed E-state index contributed by atoms with van der Waals surface area (Å²) in [5, 5.41) is 4.45. The van der Waals surface area contributed by atoms with Crippen LogP contribution in [0.3, 0.4) is 0 Å². The Hall–Kier alpha value is -0.970. The van der Waals surface area contributed by atoms with Gasteiger partial charge in [-0.15, -0.1) is 0 Å². The maximum absolute atomic E-state index is 2.60. The lowest BCUT2D eigenvalue weighted by atomic mass is 10.2. The molecular weight excluding hydrogens is 561 g/mol. The third-order valence-corrected chi connectivity index (χ3v) is 11.8. The SMILES string of the molecule is IC[P+]1(c2ccccc2)C(c2ccccc2)=CC=C1c1ccccc1.[I-]. The summed E-state index contributed by atoms with van der Waals surface area (Å²) in [6.07, 6.45) is 4.72. The van der Waals surface area contributed by atoms with E-state index in [0.29, 0.717) is 0 Å². The van der Waals surface area contributed by atoms with E-state index >= 15 is 0 Å². The molecule has 0 nitrogen and oxygen atoms in total. The van der Waals surface area contributed by atoms with Crippen LogP contribution < -0.4 is 29.3 Å². The van der Waals surface area contributed by atoms with Crippen molar-refractivity contribution in [2.24, 2.45) is 0 Å². The van der Waals surface area contributed by atoms with Gasteiger partial charge in [0.05, 0.1) is 0 Å². The third-order valence-electron chi connectivity index (χ3n) is 4.74. The lowest BCUT2D eigenvalue weighted by Gasteiger charge is -2.27. The van der Waals surface area contributed by atoms with Crippen molar-refractivity contribution in [1.82, 2.24) is 0 Å². The van der Waals surface area contributed by atoms with E-state index in [2.05, 4.69) is 126 Å². The van der Waals surface area contributed by atoms with Crippen molar-refractivity contribution in [1.29, 1.82) is 0 Å². The maximum Gasteiger partial charge on any atom is 0.124 e. The number of benzene rings is 3. The quantitative estimate of drug-likeness (QED) is 0.250. The van der Waals surface area contributed by atoms with E-state index < -0.39 is 7.26 Å². The first kappa shape index (κ1) is 19.8. The number of halogens is 2.